The average Bonchev–Trinajstić information content (AvgIpc) is 2.72. The van der Waals surface area contributed by atoms with E-state index in [0.29, 0.717) is 5.95 Å². The van der Waals surface area contributed by atoms with Gasteiger partial charge in [-0.25, -0.2) is 4.98 Å². The van der Waals surface area contributed by atoms with Crippen LogP contribution in [-0.4, -0.2) is 29.6 Å². The molecule has 0 fully saturated rings. The molecule has 1 aromatic heterocycles. The van der Waals surface area contributed by atoms with E-state index < -0.39 is 0 Å². The summed E-state index contributed by atoms with van der Waals surface area (Å²) in [5.74, 6) is 1.43. The number of nitrogens with zero attached hydrogens (tertiary/aromatic N) is 3. The molecule has 0 atom stereocenters. The summed E-state index contributed by atoms with van der Waals surface area (Å²) in [6, 6.07) is 18.8. The van der Waals surface area contributed by atoms with E-state index in [9.17, 15) is 0 Å². The summed E-state index contributed by atoms with van der Waals surface area (Å²) in [6.07, 6.45) is 2.74. The first-order chi connectivity index (χ1) is 13.7. The van der Waals surface area contributed by atoms with Gasteiger partial charge in [0.1, 0.15) is 5.82 Å². The molecule has 3 rings (SSSR count). The van der Waals surface area contributed by atoms with Crippen molar-refractivity contribution in [1.29, 1.82) is 0 Å². The summed E-state index contributed by atoms with van der Waals surface area (Å²) in [4.78, 5) is 11.3. The minimum atomic E-state index is 0.600. The molecule has 0 unspecified atom stereocenters. The maximum Gasteiger partial charge on any atom is 0.229 e. The van der Waals surface area contributed by atoms with E-state index in [2.05, 4.69) is 88.7 Å². The fraction of sp³-hybridized carbons (Fsp3) is 0.304. The van der Waals surface area contributed by atoms with Gasteiger partial charge in [-0.1, -0.05) is 30.3 Å². The molecule has 5 nitrogen and oxygen atoms in total. The molecule has 0 saturated heterocycles. The van der Waals surface area contributed by atoms with E-state index in [1.807, 2.05) is 12.1 Å². The van der Waals surface area contributed by atoms with Crippen LogP contribution in [0.2, 0.25) is 0 Å². The Bertz CT molecular complexity index is 875. The standard InChI is InChI=1S/C23H29N5/c1-4-28(5-2)20-11-12-21(18(3)17-20)26-23-25-16-14-22(27-23)24-15-13-19-9-7-6-8-10-19/h6-12,14,16-17H,4-5,13,15H2,1-3H3,(H2,24,25,26,27). The Hall–Kier alpha value is -3.08. The quantitative estimate of drug-likeness (QED) is 0.549. The fourth-order valence-corrected chi connectivity index (χ4v) is 3.19. The molecule has 0 amide bonds. The molecular formula is C23H29N5. The maximum absolute atomic E-state index is 4.59. The number of nitrogens with one attached hydrogen (secondary N) is 2. The van der Waals surface area contributed by atoms with E-state index in [1.54, 1.807) is 6.20 Å². The molecule has 1 heterocycles. The molecule has 0 radical (unpaired) electrons. The molecule has 146 valence electrons. The third-order valence-corrected chi connectivity index (χ3v) is 4.80. The van der Waals surface area contributed by atoms with Gasteiger partial charge in [0, 0.05) is 37.2 Å². The Labute approximate surface area is 167 Å². The number of hydrogen-bond donors (Lipinski definition) is 2. The van der Waals surface area contributed by atoms with Crippen LogP contribution in [0.25, 0.3) is 0 Å². The molecule has 0 aliphatic rings. The van der Waals surface area contributed by atoms with E-state index >= 15 is 0 Å². The number of aromatic nitrogens is 2. The van der Waals surface area contributed by atoms with Crippen LogP contribution in [0.5, 0.6) is 0 Å². The normalized spacial score (nSPS) is 10.5. The van der Waals surface area contributed by atoms with Crippen molar-refractivity contribution < 1.29 is 0 Å². The zero-order chi connectivity index (χ0) is 19.8. The first kappa shape index (κ1) is 19.7. The molecule has 2 N–H and O–H groups in total. The van der Waals surface area contributed by atoms with Crippen molar-refractivity contribution in [2.24, 2.45) is 0 Å². The monoisotopic (exact) mass is 375 g/mol. The highest BCUT2D eigenvalue weighted by atomic mass is 15.1. The summed E-state index contributed by atoms with van der Waals surface area (Å²) < 4.78 is 0. The van der Waals surface area contributed by atoms with Gasteiger partial charge in [-0.2, -0.15) is 4.98 Å². The lowest BCUT2D eigenvalue weighted by atomic mass is 10.1. The summed E-state index contributed by atoms with van der Waals surface area (Å²) in [7, 11) is 0. The third kappa shape index (κ3) is 5.22. The first-order valence-electron chi connectivity index (χ1n) is 9.93. The Morgan fingerprint density at radius 2 is 1.75 bits per heavy atom. The zero-order valence-electron chi connectivity index (χ0n) is 16.9. The molecule has 0 bridgehead atoms. The Balaban J connectivity index is 1.62. The number of anilines is 4. The predicted octanol–water partition coefficient (Wildman–Crippen LogP) is 5.03. The fourth-order valence-electron chi connectivity index (χ4n) is 3.19. The molecule has 0 aliphatic carbocycles. The Morgan fingerprint density at radius 1 is 0.964 bits per heavy atom. The van der Waals surface area contributed by atoms with Crippen LogP contribution in [0, 0.1) is 6.92 Å². The Kier molecular flexibility index (Phi) is 6.84. The van der Waals surface area contributed by atoms with Gasteiger partial charge in [-0.15, -0.1) is 0 Å². The molecule has 0 aliphatic heterocycles. The van der Waals surface area contributed by atoms with Crippen molar-refractivity contribution in [2.45, 2.75) is 27.2 Å². The summed E-state index contributed by atoms with van der Waals surface area (Å²) >= 11 is 0. The minimum Gasteiger partial charge on any atom is -0.372 e. The van der Waals surface area contributed by atoms with E-state index in [1.165, 1.54) is 16.8 Å². The second kappa shape index (κ2) is 9.74. The van der Waals surface area contributed by atoms with Crippen LogP contribution >= 0.6 is 0 Å². The SMILES string of the molecule is CCN(CC)c1ccc(Nc2nccc(NCCc3ccccc3)n2)c(C)c1. The van der Waals surface area contributed by atoms with Gasteiger partial charge in [0.2, 0.25) is 5.95 Å². The van der Waals surface area contributed by atoms with Gasteiger partial charge in [0.25, 0.3) is 0 Å². The highest BCUT2D eigenvalue weighted by Crippen LogP contribution is 2.24. The third-order valence-electron chi connectivity index (χ3n) is 4.80. The van der Waals surface area contributed by atoms with Crippen molar-refractivity contribution in [1.82, 2.24) is 9.97 Å². The summed E-state index contributed by atoms with van der Waals surface area (Å²) in [5, 5.41) is 6.72. The van der Waals surface area contributed by atoms with Crippen molar-refractivity contribution >= 4 is 23.1 Å². The largest absolute Gasteiger partial charge is 0.372 e. The maximum atomic E-state index is 4.59. The lowest BCUT2D eigenvalue weighted by Crippen LogP contribution is -2.21. The van der Waals surface area contributed by atoms with Crippen LogP contribution in [0.3, 0.4) is 0 Å². The van der Waals surface area contributed by atoms with Gasteiger partial charge < -0.3 is 15.5 Å². The zero-order valence-corrected chi connectivity index (χ0v) is 16.9. The highest BCUT2D eigenvalue weighted by Gasteiger charge is 2.07. The predicted molar refractivity (Wildman–Crippen MR) is 119 cm³/mol. The number of rotatable bonds is 9. The van der Waals surface area contributed by atoms with Crippen molar-refractivity contribution in [3.8, 4) is 0 Å². The van der Waals surface area contributed by atoms with Crippen LogP contribution in [-0.2, 0) is 6.42 Å². The molecule has 5 heteroatoms. The minimum absolute atomic E-state index is 0.600. The lowest BCUT2D eigenvalue weighted by molar-refractivity contribution is 0.866. The van der Waals surface area contributed by atoms with E-state index in [0.717, 1.165) is 37.6 Å². The van der Waals surface area contributed by atoms with Crippen molar-refractivity contribution in [3.05, 3.63) is 71.9 Å². The second-order valence-electron chi connectivity index (χ2n) is 6.72. The van der Waals surface area contributed by atoms with Gasteiger partial charge >= 0.3 is 0 Å². The molecule has 28 heavy (non-hydrogen) atoms. The molecule has 0 saturated carbocycles. The van der Waals surface area contributed by atoms with Crippen LogP contribution in [0.15, 0.2) is 60.8 Å². The lowest BCUT2D eigenvalue weighted by Gasteiger charge is -2.22. The van der Waals surface area contributed by atoms with E-state index in [4.69, 9.17) is 0 Å². The first-order valence-corrected chi connectivity index (χ1v) is 9.93. The smallest absolute Gasteiger partial charge is 0.229 e. The van der Waals surface area contributed by atoms with Gasteiger partial charge in [-0.3, -0.25) is 0 Å². The molecule has 0 spiro atoms. The van der Waals surface area contributed by atoms with Crippen LogP contribution in [0.1, 0.15) is 25.0 Å². The van der Waals surface area contributed by atoms with Gasteiger partial charge in [0.05, 0.1) is 0 Å². The van der Waals surface area contributed by atoms with Crippen molar-refractivity contribution in [3.63, 3.8) is 0 Å². The number of aryl methyl sites for hydroxylation is 1. The van der Waals surface area contributed by atoms with Gasteiger partial charge in [-0.05, 0) is 62.6 Å². The summed E-state index contributed by atoms with van der Waals surface area (Å²) in [6.45, 7) is 9.30. The second-order valence-corrected chi connectivity index (χ2v) is 6.72. The van der Waals surface area contributed by atoms with Crippen molar-refractivity contribution in [2.75, 3.05) is 35.2 Å². The highest BCUT2D eigenvalue weighted by molar-refractivity contribution is 5.64. The average molecular weight is 376 g/mol. The molecular weight excluding hydrogens is 346 g/mol. The van der Waals surface area contributed by atoms with E-state index in [-0.39, 0.29) is 0 Å². The van der Waals surface area contributed by atoms with Crippen LogP contribution in [0.4, 0.5) is 23.1 Å². The topological polar surface area (TPSA) is 53.1 Å². The van der Waals surface area contributed by atoms with Crippen LogP contribution < -0.4 is 15.5 Å². The number of hydrogen-bond acceptors (Lipinski definition) is 5. The summed E-state index contributed by atoms with van der Waals surface area (Å²) in [5.41, 5.74) is 4.75. The molecule has 3 aromatic rings. The molecule has 2 aromatic carbocycles. The number of benzene rings is 2. The van der Waals surface area contributed by atoms with Gasteiger partial charge in [0.15, 0.2) is 0 Å². The Morgan fingerprint density at radius 3 is 2.46 bits per heavy atom.